The van der Waals surface area contributed by atoms with Crippen LogP contribution in [0, 0.1) is 0 Å². The fraction of sp³-hybridized carbons (Fsp3) is 0.455. The summed E-state index contributed by atoms with van der Waals surface area (Å²) in [7, 11) is 0. The molecule has 1 aromatic heterocycles. The highest BCUT2D eigenvalue weighted by Gasteiger charge is 2.37. The summed E-state index contributed by atoms with van der Waals surface area (Å²) in [5, 5.41) is 6.27. The fourth-order valence-electron chi connectivity index (χ4n) is 5.18. The first-order valence-corrected chi connectivity index (χ1v) is 15.7. The lowest BCUT2D eigenvalue weighted by Crippen LogP contribution is -2.50. The number of benzene rings is 2. The van der Waals surface area contributed by atoms with Gasteiger partial charge in [-0.1, -0.05) is 60.7 Å². The van der Waals surface area contributed by atoms with Crippen molar-refractivity contribution in [3.05, 3.63) is 88.4 Å². The van der Waals surface area contributed by atoms with Crippen LogP contribution in [-0.2, 0) is 33.7 Å². The number of alkyl carbamates (subject to hydrolysis) is 1. The Morgan fingerprint density at radius 2 is 1.56 bits per heavy atom. The summed E-state index contributed by atoms with van der Waals surface area (Å²) in [6.45, 7) is 6.11. The number of hydrogen-bond donors (Lipinski definition) is 2. The molecule has 3 aromatic rings. The molecule has 0 aliphatic carbocycles. The molecule has 1 aliphatic rings. The number of nitrogens with one attached hydrogen (secondary N) is 2. The molecular formula is C33H42N4O5S. The number of carbonyl (C=O) groups is 3. The number of ether oxygens (including phenoxy) is 2. The van der Waals surface area contributed by atoms with Gasteiger partial charge in [-0.05, 0) is 70.4 Å². The highest BCUT2D eigenvalue weighted by atomic mass is 32.1. The van der Waals surface area contributed by atoms with Gasteiger partial charge in [0.15, 0.2) is 0 Å². The predicted molar refractivity (Wildman–Crippen MR) is 167 cm³/mol. The molecule has 0 spiro atoms. The maximum atomic E-state index is 13.6. The first kappa shape index (κ1) is 32.0. The molecule has 3 amide bonds. The number of amides is 3. The Labute approximate surface area is 258 Å². The lowest BCUT2D eigenvalue weighted by Gasteiger charge is -2.29. The third-order valence-corrected chi connectivity index (χ3v) is 7.95. The van der Waals surface area contributed by atoms with Gasteiger partial charge in [-0.15, -0.1) is 11.3 Å². The quantitative estimate of drug-likeness (QED) is 0.266. The van der Waals surface area contributed by atoms with Crippen molar-refractivity contribution in [3.8, 4) is 0 Å². The minimum atomic E-state index is -0.640. The second-order valence-electron chi connectivity index (χ2n) is 11.9. The number of rotatable bonds is 12. The van der Waals surface area contributed by atoms with Gasteiger partial charge in [0.2, 0.25) is 5.91 Å². The summed E-state index contributed by atoms with van der Waals surface area (Å²) < 4.78 is 11.0. The van der Waals surface area contributed by atoms with Crippen LogP contribution in [0.3, 0.4) is 0 Å². The summed E-state index contributed by atoms with van der Waals surface area (Å²) in [5.41, 5.74) is 3.26. The lowest BCUT2D eigenvalue weighted by molar-refractivity contribution is -0.126. The van der Waals surface area contributed by atoms with Crippen LogP contribution >= 0.6 is 11.3 Å². The van der Waals surface area contributed by atoms with E-state index >= 15 is 0 Å². The summed E-state index contributed by atoms with van der Waals surface area (Å²) in [4.78, 5) is 45.6. The Bertz CT molecular complexity index is 1300. The standard InChI is InChI=1S/C33H42N4O5S/c1-33(2,3)42-32(40)37-18-10-15-29(37)30(38)35-26(19-24-11-6-4-7-12-24)16-17-27(20-25-13-8-5-9-14-25)36-31(39)41-22-28-21-34-23-43-28/h4-9,11-14,21,23,26-27,29H,10,15-20,22H2,1-3H3,(H,35,38)(H,36,39)/t26-,27-,29-/m0/s1. The van der Waals surface area contributed by atoms with Crippen molar-refractivity contribution in [2.75, 3.05) is 6.54 Å². The van der Waals surface area contributed by atoms with Gasteiger partial charge >= 0.3 is 12.2 Å². The highest BCUT2D eigenvalue weighted by molar-refractivity contribution is 7.09. The smallest absolute Gasteiger partial charge is 0.410 e. The Kier molecular flexibility index (Phi) is 11.6. The van der Waals surface area contributed by atoms with E-state index in [0.717, 1.165) is 22.4 Å². The van der Waals surface area contributed by atoms with E-state index < -0.39 is 23.8 Å². The predicted octanol–water partition coefficient (Wildman–Crippen LogP) is 5.89. The first-order chi connectivity index (χ1) is 20.7. The molecule has 1 fully saturated rings. The zero-order valence-corrected chi connectivity index (χ0v) is 26.0. The largest absolute Gasteiger partial charge is 0.444 e. The monoisotopic (exact) mass is 606 g/mol. The Morgan fingerprint density at radius 1 is 0.953 bits per heavy atom. The van der Waals surface area contributed by atoms with Crippen molar-refractivity contribution in [1.82, 2.24) is 20.5 Å². The van der Waals surface area contributed by atoms with Crippen LogP contribution in [0.2, 0.25) is 0 Å². The van der Waals surface area contributed by atoms with Gasteiger partial charge in [-0.25, -0.2) is 9.59 Å². The highest BCUT2D eigenvalue weighted by Crippen LogP contribution is 2.22. The van der Waals surface area contributed by atoms with Crippen LogP contribution in [0.1, 0.15) is 62.5 Å². The molecule has 0 saturated carbocycles. The topological polar surface area (TPSA) is 110 Å². The Hall–Kier alpha value is -3.92. The second-order valence-corrected chi connectivity index (χ2v) is 12.9. The van der Waals surface area contributed by atoms with E-state index in [4.69, 9.17) is 9.47 Å². The molecule has 2 N–H and O–H groups in total. The van der Waals surface area contributed by atoms with Crippen molar-refractivity contribution in [2.45, 2.75) is 89.6 Å². The number of likely N-dealkylation sites (tertiary alicyclic amines) is 1. The van der Waals surface area contributed by atoms with Crippen LogP contribution in [0.5, 0.6) is 0 Å². The van der Waals surface area contributed by atoms with Gasteiger partial charge in [-0.3, -0.25) is 14.7 Å². The Balaban J connectivity index is 1.43. The van der Waals surface area contributed by atoms with E-state index in [9.17, 15) is 14.4 Å². The van der Waals surface area contributed by atoms with Gasteiger partial charge in [0.05, 0.1) is 10.4 Å². The Morgan fingerprint density at radius 3 is 2.12 bits per heavy atom. The first-order valence-electron chi connectivity index (χ1n) is 14.8. The van der Waals surface area contributed by atoms with Crippen LogP contribution in [0.15, 0.2) is 72.4 Å². The van der Waals surface area contributed by atoms with Gasteiger partial charge in [0.1, 0.15) is 18.2 Å². The zero-order valence-electron chi connectivity index (χ0n) is 25.2. The number of nitrogens with zero attached hydrogens (tertiary/aromatic N) is 2. The summed E-state index contributed by atoms with van der Waals surface area (Å²) in [6, 6.07) is 19.0. The lowest BCUT2D eigenvalue weighted by atomic mass is 9.95. The third-order valence-electron chi connectivity index (χ3n) is 7.19. The molecule has 0 bridgehead atoms. The zero-order chi connectivity index (χ0) is 30.7. The molecule has 43 heavy (non-hydrogen) atoms. The normalized spacial score (nSPS) is 16.3. The molecule has 0 radical (unpaired) electrons. The van der Waals surface area contributed by atoms with Crippen molar-refractivity contribution in [3.63, 3.8) is 0 Å². The van der Waals surface area contributed by atoms with Gasteiger partial charge < -0.3 is 20.1 Å². The van der Waals surface area contributed by atoms with Crippen molar-refractivity contribution < 1.29 is 23.9 Å². The van der Waals surface area contributed by atoms with Crippen LogP contribution in [-0.4, -0.2) is 58.2 Å². The number of carbonyl (C=O) groups excluding carboxylic acids is 3. The molecule has 0 unspecified atom stereocenters. The minimum absolute atomic E-state index is 0.163. The molecule has 2 heterocycles. The molecule has 1 saturated heterocycles. The number of aromatic nitrogens is 1. The number of thiazole rings is 1. The van der Waals surface area contributed by atoms with Crippen molar-refractivity contribution in [2.24, 2.45) is 0 Å². The van der Waals surface area contributed by atoms with E-state index in [2.05, 4.69) is 15.6 Å². The maximum Gasteiger partial charge on any atom is 0.410 e. The second kappa shape index (κ2) is 15.5. The summed E-state index contributed by atoms with van der Waals surface area (Å²) >= 11 is 1.43. The molecule has 9 nitrogen and oxygen atoms in total. The van der Waals surface area contributed by atoms with E-state index in [1.807, 2.05) is 81.4 Å². The molecule has 2 aromatic carbocycles. The average molecular weight is 607 g/mol. The SMILES string of the molecule is CC(C)(C)OC(=O)N1CCC[C@H]1C(=O)N[C@@H](CC[C@@H](Cc1ccccc1)NC(=O)OCc1cncs1)Cc1ccccc1. The molecule has 1 aliphatic heterocycles. The fourth-order valence-corrected chi connectivity index (χ4v) is 5.69. The van der Waals surface area contributed by atoms with Crippen molar-refractivity contribution >= 4 is 29.4 Å². The van der Waals surface area contributed by atoms with E-state index in [0.29, 0.717) is 38.6 Å². The molecule has 4 rings (SSSR count). The molecule has 230 valence electrons. The molecule has 10 heteroatoms. The van der Waals surface area contributed by atoms with Gasteiger partial charge in [0.25, 0.3) is 0 Å². The van der Waals surface area contributed by atoms with Crippen LogP contribution in [0.4, 0.5) is 9.59 Å². The molecular weight excluding hydrogens is 564 g/mol. The van der Waals surface area contributed by atoms with Gasteiger partial charge in [0, 0.05) is 24.8 Å². The average Bonchev–Trinajstić information content (AvgIpc) is 3.68. The maximum absolute atomic E-state index is 13.6. The van der Waals surface area contributed by atoms with Gasteiger partial charge in [-0.2, -0.15) is 0 Å². The van der Waals surface area contributed by atoms with Crippen LogP contribution < -0.4 is 10.6 Å². The van der Waals surface area contributed by atoms with E-state index in [1.54, 1.807) is 16.6 Å². The van der Waals surface area contributed by atoms with Crippen molar-refractivity contribution in [1.29, 1.82) is 0 Å². The minimum Gasteiger partial charge on any atom is -0.444 e. The van der Waals surface area contributed by atoms with E-state index in [-0.39, 0.29) is 24.6 Å². The van der Waals surface area contributed by atoms with Crippen LogP contribution in [0.25, 0.3) is 0 Å². The summed E-state index contributed by atoms with van der Waals surface area (Å²) in [6.07, 6.45) is 4.54. The van der Waals surface area contributed by atoms with E-state index in [1.165, 1.54) is 11.3 Å². The summed E-state index contributed by atoms with van der Waals surface area (Å²) in [5.74, 6) is -0.180. The number of hydrogen-bond acceptors (Lipinski definition) is 7. The molecule has 3 atom stereocenters. The third kappa shape index (κ3) is 10.7.